The molecule has 58 valence electrons. The van der Waals surface area contributed by atoms with Gasteiger partial charge in [-0.1, -0.05) is 0 Å². The van der Waals surface area contributed by atoms with Crippen LogP contribution in [0.5, 0.6) is 0 Å². The maximum atomic E-state index is 10.6. The predicted molar refractivity (Wildman–Crippen MR) is 38.9 cm³/mol. The number of hydrogen-bond donors (Lipinski definition) is 0. The highest BCUT2D eigenvalue weighted by atomic mass is 35.5. The number of halogens is 1. The monoisotopic (exact) mass is 172 g/mol. The lowest BCUT2D eigenvalue weighted by molar-refractivity contribution is 0.0986. The first-order chi connectivity index (χ1) is 5.11. The van der Waals surface area contributed by atoms with E-state index in [2.05, 4.69) is 0 Å². The second kappa shape index (κ2) is 2.88. The second-order valence-electron chi connectivity index (χ2n) is 2.03. The molecule has 0 aromatic carbocycles. The highest BCUT2D eigenvalue weighted by molar-refractivity contribution is 6.67. The van der Waals surface area contributed by atoms with Crippen molar-refractivity contribution in [3.63, 3.8) is 0 Å². The van der Waals surface area contributed by atoms with Gasteiger partial charge in [-0.3, -0.25) is 9.59 Å². The van der Waals surface area contributed by atoms with E-state index in [1.165, 1.54) is 13.0 Å². The molecule has 0 N–H and O–H groups in total. The zero-order valence-corrected chi connectivity index (χ0v) is 6.51. The molecule has 1 rings (SSSR count). The van der Waals surface area contributed by atoms with Crippen LogP contribution >= 0.6 is 11.6 Å². The molecule has 0 radical (unpaired) electrons. The van der Waals surface area contributed by atoms with Gasteiger partial charge in [0.15, 0.2) is 11.5 Å². The molecule has 11 heavy (non-hydrogen) atoms. The zero-order chi connectivity index (χ0) is 8.43. The molecular formula is C7H5ClO3. The standard InChI is InChI=1S/C7H5ClO3/c1-4(9)6-2-5(3-11-6)7(8)10/h2-3H,1H3. The van der Waals surface area contributed by atoms with Crippen LogP contribution in [0, 0.1) is 0 Å². The van der Waals surface area contributed by atoms with Crippen LogP contribution in [0.3, 0.4) is 0 Å². The van der Waals surface area contributed by atoms with Crippen molar-refractivity contribution >= 4 is 22.6 Å². The third-order valence-corrected chi connectivity index (χ3v) is 1.39. The minimum atomic E-state index is -0.624. The summed E-state index contributed by atoms with van der Waals surface area (Å²) in [5.41, 5.74) is 0.205. The van der Waals surface area contributed by atoms with Gasteiger partial charge in [-0.2, -0.15) is 0 Å². The van der Waals surface area contributed by atoms with Crippen molar-refractivity contribution in [3.8, 4) is 0 Å². The summed E-state index contributed by atoms with van der Waals surface area (Å²) < 4.78 is 4.73. The van der Waals surface area contributed by atoms with Gasteiger partial charge in [0.1, 0.15) is 6.26 Å². The molecule has 0 unspecified atom stereocenters. The first kappa shape index (κ1) is 8.01. The van der Waals surface area contributed by atoms with E-state index in [0.717, 1.165) is 6.26 Å². The van der Waals surface area contributed by atoms with Gasteiger partial charge >= 0.3 is 0 Å². The Morgan fingerprint density at radius 1 is 1.55 bits per heavy atom. The third kappa shape index (κ3) is 1.68. The average Bonchev–Trinajstić information content (AvgIpc) is 2.33. The highest BCUT2D eigenvalue weighted by Crippen LogP contribution is 2.10. The minimum Gasteiger partial charge on any atom is -0.460 e. The molecule has 0 fully saturated rings. The molecule has 0 amide bonds. The summed E-state index contributed by atoms with van der Waals surface area (Å²) in [4.78, 5) is 21.1. The van der Waals surface area contributed by atoms with Gasteiger partial charge in [-0.25, -0.2) is 0 Å². The largest absolute Gasteiger partial charge is 0.460 e. The van der Waals surface area contributed by atoms with Crippen LogP contribution in [0.1, 0.15) is 27.8 Å². The molecule has 1 aromatic heterocycles. The van der Waals surface area contributed by atoms with Gasteiger partial charge in [0.25, 0.3) is 5.24 Å². The fraction of sp³-hybridized carbons (Fsp3) is 0.143. The minimum absolute atomic E-state index is 0.147. The molecule has 0 saturated heterocycles. The molecule has 0 saturated carbocycles. The number of Topliss-reactive ketones (excluding diaryl/α,β-unsaturated/α-hetero) is 1. The normalized spacial score (nSPS) is 9.64. The van der Waals surface area contributed by atoms with Gasteiger partial charge in [-0.05, 0) is 17.7 Å². The Hall–Kier alpha value is -1.09. The van der Waals surface area contributed by atoms with E-state index in [9.17, 15) is 9.59 Å². The van der Waals surface area contributed by atoms with Crippen LogP contribution in [0.25, 0.3) is 0 Å². The molecule has 0 aliphatic carbocycles. The fourth-order valence-corrected chi connectivity index (χ4v) is 0.723. The number of rotatable bonds is 2. The summed E-state index contributed by atoms with van der Waals surface area (Å²) in [7, 11) is 0. The molecule has 0 spiro atoms. The van der Waals surface area contributed by atoms with E-state index >= 15 is 0 Å². The van der Waals surface area contributed by atoms with Crippen molar-refractivity contribution in [3.05, 3.63) is 23.7 Å². The molecular weight excluding hydrogens is 168 g/mol. The summed E-state index contributed by atoms with van der Waals surface area (Å²) in [5.74, 6) is -0.0804. The van der Waals surface area contributed by atoms with E-state index < -0.39 is 5.24 Å². The van der Waals surface area contributed by atoms with Crippen molar-refractivity contribution < 1.29 is 14.0 Å². The Morgan fingerprint density at radius 2 is 2.18 bits per heavy atom. The Labute approximate surface area is 67.9 Å². The van der Waals surface area contributed by atoms with Crippen LogP contribution in [0.4, 0.5) is 0 Å². The van der Waals surface area contributed by atoms with Crippen LogP contribution in [0.2, 0.25) is 0 Å². The third-order valence-electron chi connectivity index (χ3n) is 1.17. The van der Waals surface area contributed by atoms with Crippen molar-refractivity contribution in [1.29, 1.82) is 0 Å². The quantitative estimate of drug-likeness (QED) is 0.505. The van der Waals surface area contributed by atoms with E-state index in [-0.39, 0.29) is 17.1 Å². The maximum Gasteiger partial charge on any atom is 0.255 e. The van der Waals surface area contributed by atoms with Crippen LogP contribution < -0.4 is 0 Å². The fourth-order valence-electron chi connectivity index (χ4n) is 0.624. The molecule has 0 aliphatic rings. The summed E-state index contributed by atoms with van der Waals surface area (Å²) in [6.45, 7) is 1.35. The summed E-state index contributed by atoms with van der Waals surface area (Å²) >= 11 is 5.11. The van der Waals surface area contributed by atoms with Crippen LogP contribution in [0.15, 0.2) is 16.7 Å². The predicted octanol–water partition coefficient (Wildman–Crippen LogP) is 1.86. The number of furan rings is 1. The average molecular weight is 173 g/mol. The topological polar surface area (TPSA) is 47.3 Å². The first-order valence-corrected chi connectivity index (χ1v) is 3.28. The summed E-state index contributed by atoms with van der Waals surface area (Å²) in [6.07, 6.45) is 1.16. The van der Waals surface area contributed by atoms with Gasteiger partial charge in [0.2, 0.25) is 0 Å². The van der Waals surface area contributed by atoms with Crippen LogP contribution in [-0.4, -0.2) is 11.0 Å². The lowest BCUT2D eigenvalue weighted by atomic mass is 10.3. The molecule has 0 aliphatic heterocycles. The van der Waals surface area contributed by atoms with Crippen molar-refractivity contribution in [1.82, 2.24) is 0 Å². The van der Waals surface area contributed by atoms with Crippen molar-refractivity contribution in [2.75, 3.05) is 0 Å². The first-order valence-electron chi connectivity index (χ1n) is 2.90. The number of carbonyl (C=O) groups is 2. The van der Waals surface area contributed by atoms with Crippen molar-refractivity contribution in [2.45, 2.75) is 6.92 Å². The number of hydrogen-bond acceptors (Lipinski definition) is 3. The smallest absolute Gasteiger partial charge is 0.255 e. The molecule has 0 atom stereocenters. The van der Waals surface area contributed by atoms with Crippen molar-refractivity contribution in [2.24, 2.45) is 0 Å². The molecule has 0 bridgehead atoms. The van der Waals surface area contributed by atoms with E-state index in [0.29, 0.717) is 0 Å². The molecule has 4 heteroatoms. The Morgan fingerprint density at radius 3 is 2.45 bits per heavy atom. The van der Waals surface area contributed by atoms with Crippen LogP contribution in [-0.2, 0) is 0 Å². The lowest BCUT2D eigenvalue weighted by Crippen LogP contribution is -1.87. The summed E-state index contributed by atoms with van der Waals surface area (Å²) in [5, 5.41) is -0.624. The second-order valence-corrected chi connectivity index (χ2v) is 2.37. The van der Waals surface area contributed by atoms with Gasteiger partial charge in [0, 0.05) is 6.92 Å². The van der Waals surface area contributed by atoms with Gasteiger partial charge in [-0.15, -0.1) is 0 Å². The molecule has 1 heterocycles. The Bertz CT molecular complexity index is 272. The van der Waals surface area contributed by atoms with E-state index in [1.54, 1.807) is 0 Å². The lowest BCUT2D eigenvalue weighted by Gasteiger charge is -1.80. The van der Waals surface area contributed by atoms with Gasteiger partial charge < -0.3 is 4.42 Å². The number of ketones is 1. The molecule has 1 aromatic rings. The summed E-state index contributed by atoms with van der Waals surface area (Å²) in [6, 6.07) is 1.32. The Kier molecular flexibility index (Phi) is 2.10. The van der Waals surface area contributed by atoms with E-state index in [4.69, 9.17) is 16.0 Å². The van der Waals surface area contributed by atoms with E-state index in [1.807, 2.05) is 0 Å². The Balaban J connectivity index is 2.99. The maximum absolute atomic E-state index is 10.6. The SMILES string of the molecule is CC(=O)c1cc(C(=O)Cl)co1. The van der Waals surface area contributed by atoms with Gasteiger partial charge in [0.05, 0.1) is 5.56 Å². The number of carbonyl (C=O) groups excluding carboxylic acids is 2. The molecule has 3 nitrogen and oxygen atoms in total. The zero-order valence-electron chi connectivity index (χ0n) is 5.76. The highest BCUT2D eigenvalue weighted by Gasteiger charge is 2.09.